The Balaban J connectivity index is 1.38. The van der Waals surface area contributed by atoms with Crippen LogP contribution in [0.4, 0.5) is 35.9 Å². The first-order valence-electron chi connectivity index (χ1n) is 16.3. The number of anilines is 3. The van der Waals surface area contributed by atoms with Crippen molar-refractivity contribution in [2.45, 2.75) is 31.5 Å². The number of hydrogen-bond donors (Lipinski definition) is 3. The van der Waals surface area contributed by atoms with Crippen molar-refractivity contribution in [3.8, 4) is 6.07 Å². The molecule has 0 spiro atoms. The number of hydrogen-bond acceptors (Lipinski definition) is 10. The van der Waals surface area contributed by atoms with Crippen molar-refractivity contribution in [1.82, 2.24) is 9.80 Å². The number of aliphatic imine (C=N–C) groups is 1. The lowest BCUT2D eigenvalue weighted by molar-refractivity contribution is -0.170. The van der Waals surface area contributed by atoms with Gasteiger partial charge < -0.3 is 20.3 Å². The van der Waals surface area contributed by atoms with Gasteiger partial charge >= 0.3 is 12.1 Å². The number of carbonyl (C=O) groups is 2. The number of thiol groups is 1. The van der Waals surface area contributed by atoms with Gasteiger partial charge in [0.2, 0.25) is 0 Å². The molecule has 5 rings (SSSR count). The number of amides is 2. The van der Waals surface area contributed by atoms with E-state index in [2.05, 4.69) is 29.3 Å². The Kier molecular flexibility index (Phi) is 12.7. The Hall–Kier alpha value is -4.49. The fraction of sp³-hybridized carbons (Fsp3) is 0.333. The summed E-state index contributed by atoms with van der Waals surface area (Å²) in [7, 11) is 0. The lowest BCUT2D eigenvalue weighted by Crippen LogP contribution is -2.47. The number of amidine groups is 1. The Morgan fingerprint density at radius 2 is 1.80 bits per heavy atom. The first kappa shape index (κ1) is 37.8. The van der Waals surface area contributed by atoms with Crippen molar-refractivity contribution in [3.63, 3.8) is 0 Å². The number of thioether (sulfide) groups is 1. The Bertz CT molecular complexity index is 1840. The minimum absolute atomic E-state index is 0.0764. The van der Waals surface area contributed by atoms with E-state index in [-0.39, 0.29) is 37.8 Å². The standard InChI is InChI=1S/C36H38F3N7O3S2/c1-3-41-28-11-9-26(21-40)19-30(28)43-35-46(23-25-7-5-4-6-8-25)33(47)32(51-35)24(2)22-42-29-12-10-27(20-31(29)50)45(34(48)36(37,38)39)14-13-44-15-17-49-18-16-44/h4-12,19-20,41-42,50H,3,13-18,22-23H2,1-2H3/b32-24+,43-35?. The quantitative estimate of drug-likeness (QED) is 0.140. The second-order valence-electron chi connectivity index (χ2n) is 11.8. The molecule has 2 aliphatic rings. The molecular weight excluding hydrogens is 700 g/mol. The van der Waals surface area contributed by atoms with Crippen LogP contribution >= 0.6 is 24.4 Å². The number of benzene rings is 3. The molecule has 2 amide bonds. The lowest BCUT2D eigenvalue weighted by Gasteiger charge is -2.30. The molecule has 0 saturated carbocycles. The van der Waals surface area contributed by atoms with Gasteiger partial charge in [-0.3, -0.25) is 19.4 Å². The number of rotatable bonds is 12. The van der Waals surface area contributed by atoms with E-state index < -0.39 is 12.1 Å². The molecule has 2 N–H and O–H groups in total. The van der Waals surface area contributed by atoms with Gasteiger partial charge in [0.1, 0.15) is 0 Å². The van der Waals surface area contributed by atoms with Crippen LogP contribution in [0.2, 0.25) is 0 Å². The molecule has 0 bridgehead atoms. The third-order valence-electron chi connectivity index (χ3n) is 8.21. The summed E-state index contributed by atoms with van der Waals surface area (Å²) in [5, 5.41) is 16.5. The van der Waals surface area contributed by atoms with E-state index in [4.69, 9.17) is 9.73 Å². The number of morpholine rings is 1. The molecule has 0 unspecified atom stereocenters. The normalized spacial score (nSPS) is 17.0. The molecule has 2 fully saturated rings. The Labute approximate surface area is 304 Å². The van der Waals surface area contributed by atoms with Crippen LogP contribution in [0, 0.1) is 11.3 Å². The predicted octanol–water partition coefficient (Wildman–Crippen LogP) is 6.66. The Morgan fingerprint density at radius 3 is 2.47 bits per heavy atom. The van der Waals surface area contributed by atoms with Crippen molar-refractivity contribution < 1.29 is 27.5 Å². The van der Waals surface area contributed by atoms with Crippen LogP contribution in [0.3, 0.4) is 0 Å². The maximum absolute atomic E-state index is 13.9. The van der Waals surface area contributed by atoms with Crippen LogP contribution in [0.5, 0.6) is 0 Å². The highest BCUT2D eigenvalue weighted by Gasteiger charge is 2.43. The van der Waals surface area contributed by atoms with Crippen LogP contribution < -0.4 is 15.5 Å². The van der Waals surface area contributed by atoms with E-state index in [0.29, 0.717) is 70.3 Å². The zero-order valence-corrected chi connectivity index (χ0v) is 29.9. The van der Waals surface area contributed by atoms with Crippen LogP contribution in [0.15, 0.2) is 87.1 Å². The smallest absolute Gasteiger partial charge is 0.384 e. The van der Waals surface area contributed by atoms with Gasteiger partial charge in [0.25, 0.3) is 5.91 Å². The number of nitriles is 1. The molecule has 0 atom stereocenters. The van der Waals surface area contributed by atoms with Gasteiger partial charge in [-0.1, -0.05) is 30.3 Å². The van der Waals surface area contributed by atoms with Gasteiger partial charge in [0.05, 0.1) is 47.7 Å². The van der Waals surface area contributed by atoms with E-state index in [1.165, 1.54) is 23.9 Å². The molecular formula is C36H38F3N7O3S2. The van der Waals surface area contributed by atoms with Crippen LogP contribution in [0.25, 0.3) is 0 Å². The molecule has 0 aliphatic carbocycles. The predicted molar refractivity (Wildman–Crippen MR) is 198 cm³/mol. The van der Waals surface area contributed by atoms with Gasteiger partial charge in [-0.15, -0.1) is 12.6 Å². The monoisotopic (exact) mass is 737 g/mol. The van der Waals surface area contributed by atoms with Gasteiger partial charge in [0.15, 0.2) is 5.17 Å². The zero-order chi connectivity index (χ0) is 36.5. The van der Waals surface area contributed by atoms with E-state index in [0.717, 1.165) is 16.2 Å². The minimum atomic E-state index is -5.05. The summed E-state index contributed by atoms with van der Waals surface area (Å²) in [6.45, 7) is 7.16. The van der Waals surface area contributed by atoms with Crippen molar-refractivity contribution in [2.24, 2.45) is 4.99 Å². The summed E-state index contributed by atoms with van der Waals surface area (Å²) in [5.74, 6) is -2.18. The summed E-state index contributed by atoms with van der Waals surface area (Å²) >= 11 is 5.76. The average molecular weight is 738 g/mol. The molecule has 3 aromatic rings. The number of nitrogens with one attached hydrogen (secondary N) is 2. The summed E-state index contributed by atoms with van der Waals surface area (Å²) in [4.78, 5) is 36.3. The SMILES string of the molecule is CCNc1ccc(C#N)cc1N=C1S/C(=C(\C)CNc2ccc(N(CCN3CCOCC3)C(=O)C(F)(F)F)cc2S)C(=O)N1Cc1ccccc1. The molecule has 0 radical (unpaired) electrons. The van der Waals surface area contributed by atoms with Crippen molar-refractivity contribution in [3.05, 3.63) is 88.3 Å². The molecule has 2 heterocycles. The zero-order valence-electron chi connectivity index (χ0n) is 28.2. The lowest BCUT2D eigenvalue weighted by atomic mass is 10.2. The third kappa shape index (κ3) is 9.65. The molecule has 0 aromatic heterocycles. The van der Waals surface area contributed by atoms with Crippen LogP contribution in [-0.2, 0) is 20.9 Å². The summed E-state index contributed by atoms with van der Waals surface area (Å²) < 4.78 is 46.1. The van der Waals surface area contributed by atoms with E-state index >= 15 is 0 Å². The van der Waals surface area contributed by atoms with E-state index in [1.807, 2.05) is 49.1 Å². The molecule has 51 heavy (non-hydrogen) atoms. The highest BCUT2D eigenvalue weighted by molar-refractivity contribution is 8.18. The number of ether oxygens (including phenoxy) is 1. The number of alkyl halides is 3. The summed E-state index contributed by atoms with van der Waals surface area (Å²) in [6.07, 6.45) is -5.05. The van der Waals surface area contributed by atoms with Crippen LogP contribution in [0.1, 0.15) is 25.0 Å². The van der Waals surface area contributed by atoms with Crippen molar-refractivity contribution in [1.29, 1.82) is 5.26 Å². The maximum Gasteiger partial charge on any atom is 0.471 e. The molecule has 2 saturated heterocycles. The number of carbonyl (C=O) groups excluding carboxylic acids is 2. The van der Waals surface area contributed by atoms with Gasteiger partial charge in [0, 0.05) is 55.5 Å². The molecule has 3 aromatic carbocycles. The first-order chi connectivity index (χ1) is 24.5. The maximum atomic E-state index is 13.9. The fourth-order valence-corrected chi connectivity index (χ4v) is 6.82. The second-order valence-corrected chi connectivity index (χ2v) is 13.3. The van der Waals surface area contributed by atoms with E-state index in [9.17, 15) is 28.0 Å². The largest absolute Gasteiger partial charge is 0.471 e. The van der Waals surface area contributed by atoms with Gasteiger partial charge in [-0.05, 0) is 73.1 Å². The van der Waals surface area contributed by atoms with Crippen molar-refractivity contribution in [2.75, 3.05) is 68.0 Å². The summed E-state index contributed by atoms with van der Waals surface area (Å²) in [6, 6.07) is 21.3. The number of nitrogens with zero attached hydrogens (tertiary/aromatic N) is 5. The van der Waals surface area contributed by atoms with E-state index in [1.54, 1.807) is 29.2 Å². The first-order valence-corrected chi connectivity index (χ1v) is 17.6. The molecule has 2 aliphatic heterocycles. The Morgan fingerprint density at radius 1 is 1.08 bits per heavy atom. The second kappa shape index (κ2) is 17.1. The van der Waals surface area contributed by atoms with Gasteiger partial charge in [-0.25, -0.2) is 4.99 Å². The minimum Gasteiger partial charge on any atom is -0.384 e. The summed E-state index contributed by atoms with van der Waals surface area (Å²) in [5.41, 5.74) is 3.92. The molecule has 15 heteroatoms. The van der Waals surface area contributed by atoms with Crippen molar-refractivity contribution >= 4 is 64.1 Å². The molecule has 10 nitrogen and oxygen atoms in total. The highest BCUT2D eigenvalue weighted by atomic mass is 32.2. The number of halogens is 3. The van der Waals surface area contributed by atoms with Gasteiger partial charge in [-0.2, -0.15) is 18.4 Å². The fourth-order valence-electron chi connectivity index (χ4n) is 5.51. The third-order valence-corrected chi connectivity index (χ3v) is 9.80. The molecule has 268 valence electrons. The average Bonchev–Trinajstić information content (AvgIpc) is 3.42. The topological polar surface area (TPSA) is 113 Å². The van der Waals surface area contributed by atoms with Crippen LogP contribution in [-0.4, -0.2) is 85.4 Å². The highest BCUT2D eigenvalue weighted by Crippen LogP contribution is 2.38.